The van der Waals surface area contributed by atoms with Crippen LogP contribution in [-0.4, -0.2) is 65.3 Å². The highest BCUT2D eigenvalue weighted by atomic mass is 35.5. The molecular formula is C20H33ClO5. The normalized spacial score (nSPS) is 11.0. The molecule has 0 amide bonds. The van der Waals surface area contributed by atoms with Gasteiger partial charge in [0.2, 0.25) is 0 Å². The van der Waals surface area contributed by atoms with Gasteiger partial charge in [0.1, 0.15) is 12.4 Å². The zero-order valence-corrected chi connectivity index (χ0v) is 16.5. The van der Waals surface area contributed by atoms with Gasteiger partial charge in [0.05, 0.1) is 46.2 Å². The molecule has 0 aliphatic carbocycles. The molecule has 0 aliphatic heterocycles. The number of unbranched alkanes of at least 4 members (excludes halogenated alkanes) is 3. The molecule has 6 heteroatoms. The third kappa shape index (κ3) is 15.4. The molecule has 0 radical (unpaired) electrons. The van der Waals surface area contributed by atoms with Crippen LogP contribution in [0.3, 0.4) is 0 Å². The van der Waals surface area contributed by atoms with Gasteiger partial charge in [-0.3, -0.25) is 0 Å². The van der Waals surface area contributed by atoms with Crippen LogP contribution >= 0.6 is 11.6 Å². The van der Waals surface area contributed by atoms with E-state index in [2.05, 4.69) is 0 Å². The van der Waals surface area contributed by atoms with E-state index >= 15 is 0 Å². The van der Waals surface area contributed by atoms with Gasteiger partial charge in [0, 0.05) is 12.5 Å². The van der Waals surface area contributed by atoms with E-state index in [-0.39, 0.29) is 0 Å². The van der Waals surface area contributed by atoms with Crippen molar-refractivity contribution in [2.45, 2.75) is 25.7 Å². The number of alkyl halides is 1. The number of ether oxygens (including phenoxy) is 5. The van der Waals surface area contributed by atoms with Crippen LogP contribution in [0.15, 0.2) is 30.3 Å². The number of rotatable bonds is 19. The summed E-state index contributed by atoms with van der Waals surface area (Å²) in [6.07, 6.45) is 4.56. The molecule has 0 unspecified atom stereocenters. The first kappa shape index (κ1) is 23.2. The van der Waals surface area contributed by atoms with Crippen molar-refractivity contribution >= 4 is 11.6 Å². The number of hydrogen-bond acceptors (Lipinski definition) is 5. The number of para-hydroxylation sites is 1. The minimum atomic E-state index is 0.542. The average molecular weight is 389 g/mol. The summed E-state index contributed by atoms with van der Waals surface area (Å²) in [5.41, 5.74) is 0. The SMILES string of the molecule is ClCCCCCCOCCOCCOCCOCCOc1ccccc1. The van der Waals surface area contributed by atoms with E-state index in [0.717, 1.165) is 31.1 Å². The lowest BCUT2D eigenvalue weighted by atomic mass is 10.2. The molecule has 1 aromatic rings. The highest BCUT2D eigenvalue weighted by molar-refractivity contribution is 6.17. The topological polar surface area (TPSA) is 46.2 Å². The van der Waals surface area contributed by atoms with Crippen molar-refractivity contribution in [1.82, 2.24) is 0 Å². The fourth-order valence-corrected chi connectivity index (χ4v) is 2.34. The fourth-order valence-electron chi connectivity index (χ4n) is 2.15. The van der Waals surface area contributed by atoms with E-state index in [1.165, 1.54) is 12.8 Å². The Bertz CT molecular complexity index is 391. The molecule has 0 aromatic heterocycles. The van der Waals surface area contributed by atoms with Gasteiger partial charge in [-0.05, 0) is 25.0 Å². The van der Waals surface area contributed by atoms with E-state index in [1.54, 1.807) is 0 Å². The van der Waals surface area contributed by atoms with Crippen molar-refractivity contribution in [1.29, 1.82) is 0 Å². The number of hydrogen-bond donors (Lipinski definition) is 0. The van der Waals surface area contributed by atoms with Crippen LogP contribution in [0.2, 0.25) is 0 Å². The predicted octanol–water partition coefficient (Wildman–Crippen LogP) is 3.93. The molecule has 0 atom stereocenters. The summed E-state index contributed by atoms with van der Waals surface area (Å²) in [4.78, 5) is 0. The van der Waals surface area contributed by atoms with Crippen molar-refractivity contribution in [3.63, 3.8) is 0 Å². The monoisotopic (exact) mass is 388 g/mol. The number of benzene rings is 1. The third-order valence-electron chi connectivity index (χ3n) is 3.53. The maximum atomic E-state index is 5.62. The Morgan fingerprint density at radius 2 is 1.04 bits per heavy atom. The Morgan fingerprint density at radius 3 is 1.62 bits per heavy atom. The zero-order valence-electron chi connectivity index (χ0n) is 15.7. The Balaban J connectivity index is 1.68. The van der Waals surface area contributed by atoms with Crippen LogP contribution in [0.1, 0.15) is 25.7 Å². The average Bonchev–Trinajstić information content (AvgIpc) is 2.68. The first-order valence-corrected chi connectivity index (χ1v) is 10.0. The lowest BCUT2D eigenvalue weighted by Crippen LogP contribution is -2.13. The second kappa shape index (κ2) is 18.9. The van der Waals surface area contributed by atoms with Gasteiger partial charge in [-0.1, -0.05) is 31.0 Å². The summed E-state index contributed by atoms with van der Waals surface area (Å²) < 4.78 is 27.4. The molecule has 0 fully saturated rings. The molecular weight excluding hydrogens is 356 g/mol. The molecule has 0 saturated carbocycles. The van der Waals surface area contributed by atoms with Gasteiger partial charge in [-0.25, -0.2) is 0 Å². The summed E-state index contributed by atoms with van der Waals surface area (Å²) in [5, 5.41) is 0. The van der Waals surface area contributed by atoms with Gasteiger partial charge in [0.25, 0.3) is 0 Å². The van der Waals surface area contributed by atoms with E-state index < -0.39 is 0 Å². The Hall–Kier alpha value is -0.850. The van der Waals surface area contributed by atoms with Crippen molar-refractivity contribution in [2.24, 2.45) is 0 Å². The van der Waals surface area contributed by atoms with E-state index in [0.29, 0.717) is 52.9 Å². The first-order chi connectivity index (χ1) is 12.9. The zero-order chi connectivity index (χ0) is 18.5. The maximum absolute atomic E-state index is 5.62. The van der Waals surface area contributed by atoms with Crippen LogP contribution in [0.25, 0.3) is 0 Å². The smallest absolute Gasteiger partial charge is 0.119 e. The van der Waals surface area contributed by atoms with Gasteiger partial charge in [-0.2, -0.15) is 0 Å². The molecule has 1 rings (SSSR count). The van der Waals surface area contributed by atoms with E-state index in [4.69, 9.17) is 35.3 Å². The van der Waals surface area contributed by atoms with Gasteiger partial charge < -0.3 is 23.7 Å². The van der Waals surface area contributed by atoms with Crippen LogP contribution in [0.4, 0.5) is 0 Å². The maximum Gasteiger partial charge on any atom is 0.119 e. The van der Waals surface area contributed by atoms with Crippen LogP contribution in [0, 0.1) is 0 Å². The Labute approximate surface area is 162 Å². The van der Waals surface area contributed by atoms with Crippen LogP contribution in [0.5, 0.6) is 5.75 Å². The highest BCUT2D eigenvalue weighted by Crippen LogP contribution is 2.07. The minimum Gasteiger partial charge on any atom is -0.491 e. The molecule has 0 saturated heterocycles. The van der Waals surface area contributed by atoms with Crippen LogP contribution < -0.4 is 4.74 Å². The third-order valence-corrected chi connectivity index (χ3v) is 3.80. The quantitative estimate of drug-likeness (QED) is 0.265. The van der Waals surface area contributed by atoms with Gasteiger partial charge in [0.15, 0.2) is 0 Å². The lowest BCUT2D eigenvalue weighted by Gasteiger charge is -2.08. The molecule has 0 heterocycles. The molecule has 150 valence electrons. The van der Waals surface area contributed by atoms with Crippen LogP contribution in [-0.2, 0) is 18.9 Å². The summed E-state index contributed by atoms with van der Waals surface area (Å²) in [5.74, 6) is 1.62. The van der Waals surface area contributed by atoms with Crippen molar-refractivity contribution in [3.05, 3.63) is 30.3 Å². The minimum absolute atomic E-state index is 0.542. The number of halogens is 1. The van der Waals surface area contributed by atoms with Gasteiger partial charge in [-0.15, -0.1) is 11.6 Å². The second-order valence-corrected chi connectivity index (χ2v) is 6.09. The fraction of sp³-hybridized carbons (Fsp3) is 0.700. The summed E-state index contributed by atoms with van der Waals surface area (Å²) in [6.45, 7) is 5.42. The van der Waals surface area contributed by atoms with Crippen molar-refractivity contribution < 1.29 is 23.7 Å². The molecule has 0 bridgehead atoms. The molecule has 5 nitrogen and oxygen atoms in total. The van der Waals surface area contributed by atoms with E-state index in [1.807, 2.05) is 30.3 Å². The van der Waals surface area contributed by atoms with E-state index in [9.17, 15) is 0 Å². The van der Waals surface area contributed by atoms with Crippen molar-refractivity contribution in [2.75, 3.05) is 65.3 Å². The summed E-state index contributed by atoms with van der Waals surface area (Å²) >= 11 is 5.62. The largest absolute Gasteiger partial charge is 0.491 e. The molecule has 0 N–H and O–H groups in total. The summed E-state index contributed by atoms with van der Waals surface area (Å²) in [6, 6.07) is 9.71. The molecule has 0 spiro atoms. The molecule has 26 heavy (non-hydrogen) atoms. The Morgan fingerprint density at radius 1 is 0.538 bits per heavy atom. The summed E-state index contributed by atoms with van der Waals surface area (Å²) in [7, 11) is 0. The predicted molar refractivity (Wildman–Crippen MR) is 104 cm³/mol. The first-order valence-electron chi connectivity index (χ1n) is 9.48. The van der Waals surface area contributed by atoms with Crippen molar-refractivity contribution in [3.8, 4) is 5.75 Å². The molecule has 0 aliphatic rings. The second-order valence-electron chi connectivity index (χ2n) is 5.71. The lowest BCUT2D eigenvalue weighted by molar-refractivity contribution is -0.00486. The Kier molecular flexibility index (Phi) is 16.9. The highest BCUT2D eigenvalue weighted by Gasteiger charge is 1.95. The molecule has 1 aromatic carbocycles. The standard InChI is InChI=1S/C20H33ClO5/c21-10-6-1-2-7-11-22-12-13-23-14-15-24-16-17-25-18-19-26-20-8-4-3-5-9-20/h3-5,8-9H,1-2,6-7,10-19H2. The van der Waals surface area contributed by atoms with Gasteiger partial charge >= 0.3 is 0 Å².